The Labute approximate surface area is 180 Å². The van der Waals surface area contributed by atoms with Crippen molar-refractivity contribution in [2.75, 3.05) is 7.11 Å². The molecule has 2 fully saturated rings. The number of benzene rings is 1. The number of halogens is 4. The van der Waals surface area contributed by atoms with Crippen molar-refractivity contribution in [3.05, 3.63) is 29.6 Å². The van der Waals surface area contributed by atoms with E-state index in [9.17, 15) is 17.6 Å². The van der Waals surface area contributed by atoms with Crippen LogP contribution in [0.1, 0.15) is 50.5 Å². The molecule has 2 heterocycles. The number of methoxy groups -OCH3 is 1. The highest BCUT2D eigenvalue weighted by molar-refractivity contribution is 6.80. The minimum Gasteiger partial charge on any atom is -0.403 e. The summed E-state index contributed by atoms with van der Waals surface area (Å²) in [6, 6.07) is 9.24. The van der Waals surface area contributed by atoms with Crippen LogP contribution in [0.25, 0.3) is 0 Å². The summed E-state index contributed by atoms with van der Waals surface area (Å²) in [6.07, 6.45) is 1.05. The fourth-order valence-corrected chi connectivity index (χ4v) is 15.3. The normalized spacial score (nSPS) is 31.4. The molecule has 2 aliphatic rings. The second-order valence-electron chi connectivity index (χ2n) is 9.47. The van der Waals surface area contributed by atoms with Crippen molar-refractivity contribution in [2.45, 2.75) is 93.3 Å². The number of hydrogen-bond donors (Lipinski definition) is 0. The SMILES string of the molecule is CCC(OC)[Si]1(C)CCC([SiH]2CCC(c3ccc(OC(F)(F)F)c(F)c3)CC2)CC1. The maximum absolute atomic E-state index is 14.1. The van der Waals surface area contributed by atoms with Crippen molar-refractivity contribution in [1.29, 1.82) is 0 Å². The molecule has 0 aromatic heterocycles. The van der Waals surface area contributed by atoms with Crippen LogP contribution >= 0.6 is 0 Å². The predicted molar refractivity (Wildman–Crippen MR) is 117 cm³/mol. The van der Waals surface area contributed by atoms with E-state index in [4.69, 9.17) is 4.74 Å². The highest BCUT2D eigenvalue weighted by Crippen LogP contribution is 2.46. The maximum Gasteiger partial charge on any atom is 0.573 e. The van der Waals surface area contributed by atoms with Gasteiger partial charge in [-0.25, -0.2) is 4.39 Å². The highest BCUT2D eigenvalue weighted by atomic mass is 28.3. The summed E-state index contributed by atoms with van der Waals surface area (Å²) < 4.78 is 60.6. The molecule has 0 N–H and O–H groups in total. The lowest BCUT2D eigenvalue weighted by molar-refractivity contribution is -0.275. The third kappa shape index (κ3) is 5.68. The van der Waals surface area contributed by atoms with Gasteiger partial charge >= 0.3 is 6.36 Å². The number of alkyl halides is 3. The zero-order chi connectivity index (χ0) is 21.9. The van der Waals surface area contributed by atoms with Crippen molar-refractivity contribution in [3.8, 4) is 5.75 Å². The molecular formula is C22H34F4O2Si2. The summed E-state index contributed by atoms with van der Waals surface area (Å²) in [5.74, 6) is -1.42. The van der Waals surface area contributed by atoms with Crippen LogP contribution in [0.5, 0.6) is 5.75 Å². The largest absolute Gasteiger partial charge is 0.573 e. The summed E-state index contributed by atoms with van der Waals surface area (Å²) in [7, 11) is -0.253. The Morgan fingerprint density at radius 2 is 1.77 bits per heavy atom. The Morgan fingerprint density at radius 3 is 2.27 bits per heavy atom. The fraction of sp³-hybridized carbons (Fsp3) is 0.727. The van der Waals surface area contributed by atoms with Gasteiger partial charge in [-0.1, -0.05) is 56.6 Å². The number of rotatable bonds is 6. The van der Waals surface area contributed by atoms with Crippen LogP contribution in [0.3, 0.4) is 0 Å². The second kappa shape index (κ2) is 9.73. The molecule has 1 atom stereocenters. The van der Waals surface area contributed by atoms with Gasteiger partial charge in [0.1, 0.15) is 0 Å². The first-order valence-corrected chi connectivity index (χ1v) is 16.5. The summed E-state index contributed by atoms with van der Waals surface area (Å²) in [5, 5.41) is 0. The molecule has 0 aliphatic carbocycles. The molecule has 0 bridgehead atoms. The standard InChI is InChI=1S/C22H34F4O2Si2/c1-4-21(27-2)30(3)13-9-18(10-14-30)29-11-7-16(8-12-29)17-5-6-20(19(23)15-17)28-22(24,25)26/h5-6,15-16,18,21,29H,4,7-14H2,1-3H3. The van der Waals surface area contributed by atoms with Gasteiger partial charge in [0.15, 0.2) is 11.6 Å². The lowest BCUT2D eigenvalue weighted by Gasteiger charge is -2.43. The average molecular weight is 463 g/mol. The van der Waals surface area contributed by atoms with Crippen LogP contribution in [-0.2, 0) is 4.74 Å². The summed E-state index contributed by atoms with van der Waals surface area (Å²) >= 11 is 0. The molecule has 0 spiro atoms. The van der Waals surface area contributed by atoms with Gasteiger partial charge in [0, 0.05) is 21.6 Å². The van der Waals surface area contributed by atoms with Crippen LogP contribution < -0.4 is 4.74 Å². The smallest absolute Gasteiger partial charge is 0.403 e. The first-order chi connectivity index (χ1) is 14.1. The number of hydrogen-bond acceptors (Lipinski definition) is 2. The molecule has 1 aromatic rings. The van der Waals surface area contributed by atoms with E-state index < -0.39 is 34.8 Å². The second-order valence-corrected chi connectivity index (χ2v) is 18.0. The topological polar surface area (TPSA) is 18.5 Å². The van der Waals surface area contributed by atoms with E-state index in [0.29, 0.717) is 5.73 Å². The Hall–Kier alpha value is -0.866. The summed E-state index contributed by atoms with van der Waals surface area (Å²) in [5.41, 5.74) is 2.21. The van der Waals surface area contributed by atoms with Gasteiger partial charge in [-0.3, -0.25) is 0 Å². The van der Waals surface area contributed by atoms with Crippen molar-refractivity contribution in [2.24, 2.45) is 0 Å². The lowest BCUT2D eigenvalue weighted by atomic mass is 9.93. The monoisotopic (exact) mass is 462 g/mol. The lowest BCUT2D eigenvalue weighted by Crippen LogP contribution is -2.48. The quantitative estimate of drug-likeness (QED) is 0.334. The van der Waals surface area contributed by atoms with Gasteiger partial charge in [0.25, 0.3) is 0 Å². The number of ether oxygens (including phenoxy) is 2. The van der Waals surface area contributed by atoms with Crippen molar-refractivity contribution in [1.82, 2.24) is 0 Å². The van der Waals surface area contributed by atoms with Crippen molar-refractivity contribution < 1.29 is 27.0 Å². The average Bonchev–Trinajstić information content (AvgIpc) is 2.70. The molecule has 1 unspecified atom stereocenters. The molecule has 170 valence electrons. The van der Waals surface area contributed by atoms with Crippen LogP contribution in [0.15, 0.2) is 18.2 Å². The van der Waals surface area contributed by atoms with Gasteiger partial charge in [-0.2, -0.15) is 0 Å². The van der Waals surface area contributed by atoms with Crippen LogP contribution in [-0.4, -0.2) is 36.1 Å². The first-order valence-electron chi connectivity index (χ1n) is 11.2. The molecule has 30 heavy (non-hydrogen) atoms. The maximum atomic E-state index is 14.1. The molecule has 0 radical (unpaired) electrons. The molecule has 1 aromatic carbocycles. The van der Waals surface area contributed by atoms with E-state index in [1.807, 2.05) is 7.11 Å². The first kappa shape index (κ1) is 23.8. The zero-order valence-electron chi connectivity index (χ0n) is 18.2. The fourth-order valence-electron chi connectivity index (χ4n) is 5.94. The molecule has 0 saturated carbocycles. The van der Waals surface area contributed by atoms with Crippen LogP contribution in [0, 0.1) is 5.82 Å². The van der Waals surface area contributed by atoms with Crippen LogP contribution in [0.2, 0.25) is 36.3 Å². The van der Waals surface area contributed by atoms with Gasteiger partial charge in [0.05, 0.1) is 8.07 Å². The van der Waals surface area contributed by atoms with E-state index in [2.05, 4.69) is 18.2 Å². The molecule has 8 heteroatoms. The Morgan fingerprint density at radius 1 is 1.13 bits per heavy atom. The van der Waals surface area contributed by atoms with E-state index >= 15 is 0 Å². The highest BCUT2D eigenvalue weighted by Gasteiger charge is 2.42. The molecule has 2 saturated heterocycles. The van der Waals surface area contributed by atoms with Crippen molar-refractivity contribution in [3.63, 3.8) is 0 Å². The Bertz CT molecular complexity index is 693. The molecular weight excluding hydrogens is 428 g/mol. The van der Waals surface area contributed by atoms with E-state index in [1.54, 1.807) is 6.07 Å². The molecule has 2 aliphatic heterocycles. The Balaban J connectivity index is 1.53. The summed E-state index contributed by atoms with van der Waals surface area (Å²) in [6.45, 7) is 4.75. The molecule has 2 nitrogen and oxygen atoms in total. The minimum atomic E-state index is -4.87. The third-order valence-electron chi connectivity index (χ3n) is 7.70. The predicted octanol–water partition coefficient (Wildman–Crippen LogP) is 7.04. The summed E-state index contributed by atoms with van der Waals surface area (Å²) in [4.78, 5) is 0. The van der Waals surface area contributed by atoms with E-state index in [1.165, 1.54) is 43.1 Å². The van der Waals surface area contributed by atoms with Gasteiger partial charge in [0.2, 0.25) is 0 Å². The van der Waals surface area contributed by atoms with E-state index in [0.717, 1.165) is 36.4 Å². The minimum absolute atomic E-state index is 0.254. The van der Waals surface area contributed by atoms with Gasteiger partial charge < -0.3 is 9.47 Å². The van der Waals surface area contributed by atoms with Crippen LogP contribution in [0.4, 0.5) is 17.6 Å². The molecule has 3 rings (SSSR count). The third-order valence-corrected chi connectivity index (χ3v) is 16.9. The van der Waals surface area contributed by atoms with Gasteiger partial charge in [-0.15, -0.1) is 13.2 Å². The molecule has 0 amide bonds. The zero-order valence-corrected chi connectivity index (χ0v) is 20.4. The van der Waals surface area contributed by atoms with Gasteiger partial charge in [-0.05, 0) is 48.4 Å². The van der Waals surface area contributed by atoms with E-state index in [-0.39, 0.29) is 5.92 Å². The van der Waals surface area contributed by atoms with Crippen molar-refractivity contribution >= 4 is 16.9 Å². The Kier molecular flexibility index (Phi) is 7.72.